The molecule has 3 rings (SSSR count). The third-order valence-corrected chi connectivity index (χ3v) is 5.53. The molecule has 0 aliphatic carbocycles. The van der Waals surface area contributed by atoms with E-state index in [1.54, 1.807) is 0 Å². The number of carbonyl (C=O) groups excluding carboxylic acids is 3. The summed E-state index contributed by atoms with van der Waals surface area (Å²) in [5.74, 6) is -3.12. The fourth-order valence-corrected chi connectivity index (χ4v) is 3.97. The van der Waals surface area contributed by atoms with Crippen molar-refractivity contribution < 1.29 is 24.3 Å². The van der Waals surface area contributed by atoms with Crippen LogP contribution in [0.4, 0.5) is 0 Å². The molecule has 10 nitrogen and oxygen atoms in total. The van der Waals surface area contributed by atoms with E-state index in [1.165, 1.54) is 0 Å². The molecule has 0 saturated carbocycles. The van der Waals surface area contributed by atoms with Crippen molar-refractivity contribution in [3.63, 3.8) is 0 Å². The van der Waals surface area contributed by atoms with Crippen molar-refractivity contribution in [3.8, 4) is 0 Å². The Labute approximate surface area is 185 Å². The Morgan fingerprint density at radius 3 is 2.53 bits per heavy atom. The second-order valence-corrected chi connectivity index (χ2v) is 8.52. The lowest BCUT2D eigenvalue weighted by Crippen LogP contribution is -2.57. The van der Waals surface area contributed by atoms with E-state index in [1.807, 2.05) is 38.1 Å². The van der Waals surface area contributed by atoms with Crippen molar-refractivity contribution in [2.75, 3.05) is 0 Å². The Kier molecular flexibility index (Phi) is 7.14. The van der Waals surface area contributed by atoms with Gasteiger partial charge in [-0.3, -0.25) is 24.5 Å². The smallest absolute Gasteiger partial charge is 0.305 e. The predicted octanol–water partition coefficient (Wildman–Crippen LogP) is 0.158. The molecule has 1 aromatic carbocycles. The number of H-pyrrole nitrogens is 1. The highest BCUT2D eigenvalue weighted by molar-refractivity contribution is 5.94. The van der Waals surface area contributed by atoms with E-state index < -0.39 is 42.3 Å². The third-order valence-electron chi connectivity index (χ3n) is 5.53. The summed E-state index contributed by atoms with van der Waals surface area (Å²) in [6, 6.07) is 5.07. The van der Waals surface area contributed by atoms with Gasteiger partial charge in [-0.2, -0.15) is 0 Å². The zero-order chi connectivity index (χ0) is 23.4. The van der Waals surface area contributed by atoms with Crippen LogP contribution >= 0.6 is 0 Å². The monoisotopic (exact) mass is 443 g/mol. The number of benzene rings is 1. The molecule has 0 unspecified atom stereocenters. The molecule has 1 aliphatic rings. The highest BCUT2D eigenvalue weighted by atomic mass is 16.4. The van der Waals surface area contributed by atoms with Crippen molar-refractivity contribution >= 4 is 34.6 Å². The molecule has 0 bridgehead atoms. The highest BCUT2D eigenvalue weighted by Crippen LogP contribution is 2.26. The number of carbonyl (C=O) groups is 4. The Hall–Kier alpha value is -3.40. The van der Waals surface area contributed by atoms with Crippen molar-refractivity contribution in [2.24, 2.45) is 11.7 Å². The molecule has 32 heavy (non-hydrogen) atoms. The maximum Gasteiger partial charge on any atom is 0.305 e. The number of aromatic amines is 1. The zero-order valence-electron chi connectivity index (χ0n) is 18.1. The summed E-state index contributed by atoms with van der Waals surface area (Å²) in [5, 5.41) is 18.3. The van der Waals surface area contributed by atoms with Gasteiger partial charge in [-0.25, -0.2) is 0 Å². The van der Waals surface area contributed by atoms with Crippen molar-refractivity contribution in [1.82, 2.24) is 20.9 Å². The minimum Gasteiger partial charge on any atom is -0.481 e. The molecule has 10 heteroatoms. The molecule has 1 aromatic heterocycles. The quantitative estimate of drug-likeness (QED) is 0.323. The number of carboxylic acids is 1. The minimum absolute atomic E-state index is 0.0667. The number of aliphatic carboxylic acids is 1. The Bertz CT molecular complexity index is 1030. The van der Waals surface area contributed by atoms with Crippen LogP contribution in [0, 0.1) is 5.92 Å². The molecule has 172 valence electrons. The number of aromatic nitrogens is 1. The predicted molar refractivity (Wildman–Crippen MR) is 117 cm³/mol. The number of rotatable bonds is 9. The van der Waals surface area contributed by atoms with Gasteiger partial charge >= 0.3 is 5.97 Å². The van der Waals surface area contributed by atoms with Crippen LogP contribution in [-0.4, -0.2) is 51.9 Å². The van der Waals surface area contributed by atoms with Crippen molar-refractivity contribution in [1.29, 1.82) is 0 Å². The summed E-state index contributed by atoms with van der Waals surface area (Å²) in [6.07, 6.45) is 0.155. The molecule has 3 amide bonds. The molecule has 2 aromatic rings. The van der Waals surface area contributed by atoms with E-state index in [4.69, 9.17) is 10.8 Å². The number of hydrogen-bond donors (Lipinski definition) is 6. The van der Waals surface area contributed by atoms with Gasteiger partial charge in [0.05, 0.1) is 12.5 Å². The fourth-order valence-electron chi connectivity index (χ4n) is 3.97. The summed E-state index contributed by atoms with van der Waals surface area (Å²) in [5.41, 5.74) is 8.32. The minimum atomic E-state index is -1.35. The van der Waals surface area contributed by atoms with Gasteiger partial charge in [0.25, 0.3) is 0 Å². The van der Waals surface area contributed by atoms with E-state index in [-0.39, 0.29) is 11.8 Å². The van der Waals surface area contributed by atoms with Crippen LogP contribution in [-0.2, 0) is 32.1 Å². The zero-order valence-corrected chi connectivity index (χ0v) is 18.1. The number of amides is 3. The molecule has 7 N–H and O–H groups in total. The summed E-state index contributed by atoms with van der Waals surface area (Å²) >= 11 is 0. The van der Waals surface area contributed by atoms with Crippen LogP contribution in [0.5, 0.6) is 0 Å². The van der Waals surface area contributed by atoms with E-state index in [0.29, 0.717) is 19.4 Å². The SMILES string of the molecule is CC(C)C[C@H](NC(=O)[C@H]1Cc2c([nH]c3ccccc23)CN1)C(=O)N[C@@H](CC(=O)O)C(N)=O. The van der Waals surface area contributed by atoms with Gasteiger partial charge in [0, 0.05) is 23.1 Å². The topological polar surface area (TPSA) is 166 Å². The first-order valence-electron chi connectivity index (χ1n) is 10.6. The number of nitrogens with two attached hydrogens (primary N) is 1. The molecule has 2 heterocycles. The lowest BCUT2D eigenvalue weighted by atomic mass is 9.97. The second-order valence-electron chi connectivity index (χ2n) is 8.52. The molecule has 0 fully saturated rings. The average molecular weight is 444 g/mol. The molecule has 0 saturated heterocycles. The molecule has 3 atom stereocenters. The molecule has 1 aliphatic heterocycles. The molecular weight excluding hydrogens is 414 g/mol. The average Bonchev–Trinajstić information content (AvgIpc) is 3.09. The van der Waals surface area contributed by atoms with Crippen molar-refractivity contribution in [3.05, 3.63) is 35.5 Å². The number of primary amides is 1. The Morgan fingerprint density at radius 1 is 1.16 bits per heavy atom. The maximum absolute atomic E-state index is 13.0. The van der Waals surface area contributed by atoms with Gasteiger partial charge < -0.3 is 26.5 Å². The molecular formula is C22H29N5O5. The van der Waals surface area contributed by atoms with Gasteiger partial charge in [-0.05, 0) is 30.4 Å². The van der Waals surface area contributed by atoms with E-state index >= 15 is 0 Å². The highest BCUT2D eigenvalue weighted by Gasteiger charge is 2.32. The van der Waals surface area contributed by atoms with Crippen LogP contribution in [0.1, 0.15) is 37.9 Å². The van der Waals surface area contributed by atoms with Gasteiger partial charge in [-0.1, -0.05) is 32.0 Å². The first-order valence-corrected chi connectivity index (χ1v) is 10.6. The van der Waals surface area contributed by atoms with E-state index in [0.717, 1.165) is 22.2 Å². The van der Waals surface area contributed by atoms with E-state index in [9.17, 15) is 19.2 Å². The number of carboxylic acid groups (broad SMARTS) is 1. The Morgan fingerprint density at radius 2 is 1.88 bits per heavy atom. The normalized spacial score (nSPS) is 17.4. The second kappa shape index (κ2) is 9.82. The van der Waals surface area contributed by atoms with Gasteiger partial charge in [0.15, 0.2) is 0 Å². The standard InChI is InChI=1S/C22H29N5O5/c1-11(2)7-17(22(32)26-15(20(23)30)9-19(28)29)27-21(31)16-8-13-12-5-3-4-6-14(12)25-18(13)10-24-16/h3-6,11,15-17,24-25H,7-10H2,1-2H3,(H2,23,30)(H,26,32)(H,27,31)(H,28,29)/t15-,16+,17-/m0/s1. The summed E-state index contributed by atoms with van der Waals surface area (Å²) in [7, 11) is 0. The number of para-hydroxylation sites is 1. The lowest BCUT2D eigenvalue weighted by Gasteiger charge is -2.27. The van der Waals surface area contributed by atoms with Crippen molar-refractivity contribution in [2.45, 2.75) is 57.8 Å². The lowest BCUT2D eigenvalue weighted by molar-refractivity contribution is -0.140. The number of hydrogen-bond acceptors (Lipinski definition) is 5. The van der Waals surface area contributed by atoms with E-state index in [2.05, 4.69) is 20.9 Å². The van der Waals surface area contributed by atoms with Gasteiger partial charge in [0.1, 0.15) is 12.1 Å². The van der Waals surface area contributed by atoms with Gasteiger partial charge in [-0.15, -0.1) is 0 Å². The Balaban J connectivity index is 1.71. The van der Waals surface area contributed by atoms with Crippen LogP contribution in [0.25, 0.3) is 10.9 Å². The fraction of sp³-hybridized carbons (Fsp3) is 0.455. The largest absolute Gasteiger partial charge is 0.481 e. The first kappa shape index (κ1) is 23.3. The number of fused-ring (bicyclic) bond motifs is 3. The molecule has 0 radical (unpaired) electrons. The van der Waals surface area contributed by atoms with Crippen LogP contribution in [0.15, 0.2) is 24.3 Å². The van der Waals surface area contributed by atoms with Crippen LogP contribution in [0.3, 0.4) is 0 Å². The van der Waals surface area contributed by atoms with Gasteiger partial charge in [0.2, 0.25) is 17.7 Å². The summed E-state index contributed by atoms with van der Waals surface area (Å²) in [6.45, 7) is 4.28. The third kappa shape index (κ3) is 5.44. The van der Waals surface area contributed by atoms with Crippen LogP contribution < -0.4 is 21.7 Å². The number of nitrogens with one attached hydrogen (secondary N) is 4. The molecule has 0 spiro atoms. The first-order chi connectivity index (χ1) is 15.2. The summed E-state index contributed by atoms with van der Waals surface area (Å²) < 4.78 is 0. The maximum atomic E-state index is 13.0. The van der Waals surface area contributed by atoms with Crippen LogP contribution in [0.2, 0.25) is 0 Å². The summed E-state index contributed by atoms with van der Waals surface area (Å²) in [4.78, 5) is 51.6.